The topological polar surface area (TPSA) is 108 Å². The summed E-state index contributed by atoms with van der Waals surface area (Å²) in [4.78, 5) is 10.3. The fraction of sp³-hybridized carbons (Fsp3) is 0.538. The molecule has 0 aromatic heterocycles. The second-order valence-corrected chi connectivity index (χ2v) is 4.65. The minimum atomic E-state index is -0.542. The number of hydrogen-bond donors (Lipinski definition) is 2. The monoisotopic (exact) mass is 282 g/mol. The minimum absolute atomic E-state index is 0.0494. The molecular formula is C13H18N2O5. The van der Waals surface area contributed by atoms with Crippen molar-refractivity contribution in [3.05, 3.63) is 27.8 Å². The van der Waals surface area contributed by atoms with E-state index in [1.165, 1.54) is 12.1 Å². The molecule has 0 aliphatic carbocycles. The third-order valence-electron chi connectivity index (χ3n) is 3.30. The molecular weight excluding hydrogens is 264 g/mol. The number of nitrogen functional groups attached to an aromatic ring is 1. The second-order valence-electron chi connectivity index (χ2n) is 4.65. The van der Waals surface area contributed by atoms with Gasteiger partial charge in [0.2, 0.25) is 0 Å². The Morgan fingerprint density at radius 2 is 2.35 bits per heavy atom. The largest absolute Gasteiger partial charge is 0.491 e. The summed E-state index contributed by atoms with van der Waals surface area (Å²) in [5.41, 5.74) is 6.14. The van der Waals surface area contributed by atoms with Crippen LogP contribution < -0.4 is 10.5 Å². The normalized spacial score (nSPS) is 18.1. The zero-order valence-corrected chi connectivity index (χ0v) is 11.1. The highest BCUT2D eigenvalue weighted by molar-refractivity contribution is 5.67. The number of rotatable bonds is 6. The predicted octanol–water partition coefficient (Wildman–Crippen LogP) is 1.27. The molecule has 1 heterocycles. The molecule has 1 atom stereocenters. The summed E-state index contributed by atoms with van der Waals surface area (Å²) in [6.45, 7) is 0.970. The van der Waals surface area contributed by atoms with Gasteiger partial charge in [-0.25, -0.2) is 0 Å². The fourth-order valence-corrected chi connectivity index (χ4v) is 2.25. The van der Waals surface area contributed by atoms with Gasteiger partial charge in [-0.1, -0.05) is 0 Å². The number of aliphatic hydroxyl groups excluding tert-OH is 1. The number of nitrogens with two attached hydrogens (primary N) is 1. The summed E-state index contributed by atoms with van der Waals surface area (Å²) in [6.07, 6.45) is 2.22. The average Bonchev–Trinajstić information content (AvgIpc) is 2.92. The van der Waals surface area contributed by atoms with Crippen LogP contribution in [0, 0.1) is 10.1 Å². The maximum Gasteiger partial charge on any atom is 0.292 e. The molecule has 0 radical (unpaired) electrons. The lowest BCUT2D eigenvalue weighted by Gasteiger charge is -2.15. The Bertz CT molecular complexity index is 486. The number of ether oxygens (including phenoxy) is 2. The Hall–Kier alpha value is -1.86. The van der Waals surface area contributed by atoms with Gasteiger partial charge in [0.15, 0.2) is 0 Å². The van der Waals surface area contributed by atoms with Crippen LogP contribution in [0.15, 0.2) is 12.1 Å². The van der Waals surface area contributed by atoms with Crippen LogP contribution in [0.1, 0.15) is 18.4 Å². The first-order valence-corrected chi connectivity index (χ1v) is 6.54. The molecule has 0 amide bonds. The Morgan fingerprint density at radius 3 is 2.95 bits per heavy atom. The molecule has 0 spiro atoms. The van der Waals surface area contributed by atoms with Gasteiger partial charge in [-0.3, -0.25) is 10.1 Å². The molecule has 7 nitrogen and oxygen atoms in total. The van der Waals surface area contributed by atoms with Crippen LogP contribution in [0.2, 0.25) is 0 Å². The van der Waals surface area contributed by atoms with E-state index < -0.39 is 4.92 Å². The van der Waals surface area contributed by atoms with Gasteiger partial charge in [-0.2, -0.15) is 0 Å². The quantitative estimate of drug-likeness (QED) is 0.462. The summed E-state index contributed by atoms with van der Waals surface area (Å²) >= 11 is 0. The number of benzene rings is 1. The fourth-order valence-electron chi connectivity index (χ4n) is 2.25. The van der Waals surface area contributed by atoms with Crippen molar-refractivity contribution in [2.24, 2.45) is 0 Å². The standard InChI is InChI=1S/C13H18N2O5/c14-13-10(5-6-16)12(4-3-11(13)15(17)18)20-8-9-2-1-7-19-9/h3-4,9,16H,1-2,5-8,14H2. The van der Waals surface area contributed by atoms with Crippen LogP contribution in [-0.2, 0) is 11.2 Å². The van der Waals surface area contributed by atoms with Crippen molar-refractivity contribution in [1.29, 1.82) is 0 Å². The highest BCUT2D eigenvalue weighted by Crippen LogP contribution is 2.33. The van der Waals surface area contributed by atoms with E-state index >= 15 is 0 Å². The van der Waals surface area contributed by atoms with Crippen molar-refractivity contribution in [3.8, 4) is 5.75 Å². The summed E-state index contributed by atoms with van der Waals surface area (Å²) in [5.74, 6) is 0.470. The first-order chi connectivity index (χ1) is 9.63. The number of nitro groups is 1. The van der Waals surface area contributed by atoms with E-state index in [1.807, 2.05) is 0 Å². The molecule has 1 fully saturated rings. The molecule has 7 heteroatoms. The van der Waals surface area contributed by atoms with Gasteiger partial charge in [0, 0.05) is 31.3 Å². The van der Waals surface area contributed by atoms with Crippen LogP contribution in [0.4, 0.5) is 11.4 Å². The first kappa shape index (κ1) is 14.5. The highest BCUT2D eigenvalue weighted by atomic mass is 16.6. The van der Waals surface area contributed by atoms with Crippen LogP contribution in [0.3, 0.4) is 0 Å². The molecule has 2 rings (SSSR count). The van der Waals surface area contributed by atoms with E-state index in [4.69, 9.17) is 20.3 Å². The zero-order chi connectivity index (χ0) is 14.5. The molecule has 3 N–H and O–H groups in total. The van der Waals surface area contributed by atoms with Crippen molar-refractivity contribution in [3.63, 3.8) is 0 Å². The molecule has 1 aliphatic rings. The van der Waals surface area contributed by atoms with E-state index in [0.717, 1.165) is 19.4 Å². The molecule has 1 unspecified atom stereocenters. The van der Waals surface area contributed by atoms with E-state index in [9.17, 15) is 10.1 Å². The second kappa shape index (κ2) is 6.53. The van der Waals surface area contributed by atoms with Crippen LogP contribution >= 0.6 is 0 Å². The van der Waals surface area contributed by atoms with Crippen LogP contribution in [-0.4, -0.2) is 36.0 Å². The van der Waals surface area contributed by atoms with Crippen molar-refractivity contribution in [2.75, 3.05) is 25.6 Å². The summed E-state index contributed by atoms with van der Waals surface area (Å²) in [6, 6.07) is 2.84. The lowest BCUT2D eigenvalue weighted by Crippen LogP contribution is -2.17. The summed E-state index contributed by atoms with van der Waals surface area (Å²) < 4.78 is 11.1. The molecule has 0 saturated carbocycles. The molecule has 1 aromatic rings. The van der Waals surface area contributed by atoms with E-state index in [2.05, 4.69) is 0 Å². The molecule has 1 aromatic carbocycles. The smallest absolute Gasteiger partial charge is 0.292 e. The van der Waals surface area contributed by atoms with E-state index in [-0.39, 0.29) is 30.5 Å². The molecule has 1 aliphatic heterocycles. The van der Waals surface area contributed by atoms with Crippen molar-refractivity contribution in [2.45, 2.75) is 25.4 Å². The van der Waals surface area contributed by atoms with Gasteiger partial charge in [0.1, 0.15) is 18.0 Å². The molecule has 20 heavy (non-hydrogen) atoms. The van der Waals surface area contributed by atoms with Gasteiger partial charge in [0.05, 0.1) is 11.0 Å². The number of nitro benzene ring substituents is 1. The Labute approximate surface area is 116 Å². The number of anilines is 1. The van der Waals surface area contributed by atoms with E-state index in [0.29, 0.717) is 17.9 Å². The third kappa shape index (κ3) is 3.17. The Morgan fingerprint density at radius 1 is 1.55 bits per heavy atom. The predicted molar refractivity (Wildman–Crippen MR) is 72.8 cm³/mol. The highest BCUT2D eigenvalue weighted by Gasteiger charge is 2.21. The minimum Gasteiger partial charge on any atom is -0.491 e. The van der Waals surface area contributed by atoms with Gasteiger partial charge in [0.25, 0.3) is 5.69 Å². The average molecular weight is 282 g/mol. The van der Waals surface area contributed by atoms with E-state index in [1.54, 1.807) is 0 Å². The van der Waals surface area contributed by atoms with Gasteiger partial charge in [-0.15, -0.1) is 0 Å². The van der Waals surface area contributed by atoms with Crippen LogP contribution in [0.5, 0.6) is 5.75 Å². The lowest BCUT2D eigenvalue weighted by molar-refractivity contribution is -0.384. The maximum atomic E-state index is 10.9. The molecule has 110 valence electrons. The Kier molecular flexibility index (Phi) is 4.75. The number of nitrogens with zero attached hydrogens (tertiary/aromatic N) is 1. The van der Waals surface area contributed by atoms with Crippen molar-refractivity contribution in [1.82, 2.24) is 0 Å². The number of aliphatic hydroxyl groups is 1. The first-order valence-electron chi connectivity index (χ1n) is 6.54. The number of hydrogen-bond acceptors (Lipinski definition) is 6. The van der Waals surface area contributed by atoms with Crippen molar-refractivity contribution < 1.29 is 19.5 Å². The molecule has 0 bridgehead atoms. The zero-order valence-electron chi connectivity index (χ0n) is 11.1. The third-order valence-corrected chi connectivity index (χ3v) is 3.30. The summed E-state index contributed by atoms with van der Waals surface area (Å²) in [5, 5.41) is 19.9. The van der Waals surface area contributed by atoms with Crippen LogP contribution in [0.25, 0.3) is 0 Å². The summed E-state index contributed by atoms with van der Waals surface area (Å²) in [7, 11) is 0. The van der Waals surface area contributed by atoms with Gasteiger partial charge < -0.3 is 20.3 Å². The van der Waals surface area contributed by atoms with Gasteiger partial charge in [-0.05, 0) is 18.9 Å². The van der Waals surface area contributed by atoms with Crippen molar-refractivity contribution >= 4 is 11.4 Å². The molecule has 1 saturated heterocycles. The lowest BCUT2D eigenvalue weighted by atomic mass is 10.1. The maximum absolute atomic E-state index is 10.9. The Balaban J connectivity index is 2.17. The SMILES string of the molecule is Nc1c([N+](=O)[O-])ccc(OCC2CCCO2)c1CCO. The van der Waals surface area contributed by atoms with Gasteiger partial charge >= 0.3 is 0 Å².